The Morgan fingerprint density at radius 3 is 2.32 bits per heavy atom. The number of nitrogens with zero attached hydrogens (tertiary/aromatic N) is 1. The molecule has 25 heavy (non-hydrogen) atoms. The normalized spacial score (nSPS) is 24.7. The maximum absolute atomic E-state index is 12.0. The van der Waals surface area contributed by atoms with E-state index in [2.05, 4.69) is 39.8 Å². The minimum atomic E-state index is -0.190. The Morgan fingerprint density at radius 1 is 1.00 bits per heavy atom. The van der Waals surface area contributed by atoms with Crippen LogP contribution in [0.25, 0.3) is 0 Å². The number of likely N-dealkylation sites (tertiary alicyclic amines) is 1. The Bertz CT molecular complexity index is 532. The van der Waals surface area contributed by atoms with E-state index in [9.17, 15) is 9.90 Å². The van der Waals surface area contributed by atoms with Crippen LogP contribution in [0.1, 0.15) is 56.1 Å². The van der Waals surface area contributed by atoms with Crippen LogP contribution in [0.15, 0.2) is 24.3 Å². The van der Waals surface area contributed by atoms with Crippen molar-refractivity contribution in [1.82, 2.24) is 15.5 Å². The molecule has 3 rings (SSSR count). The van der Waals surface area contributed by atoms with Crippen molar-refractivity contribution < 1.29 is 9.90 Å². The number of benzene rings is 1. The summed E-state index contributed by atoms with van der Waals surface area (Å²) >= 11 is 0. The zero-order chi connectivity index (χ0) is 17.5. The second-order valence-electron chi connectivity index (χ2n) is 7.49. The molecule has 5 nitrogen and oxygen atoms in total. The zero-order valence-corrected chi connectivity index (χ0v) is 15.0. The van der Waals surface area contributed by atoms with Crippen molar-refractivity contribution in [3.05, 3.63) is 35.4 Å². The maximum Gasteiger partial charge on any atom is 0.315 e. The minimum Gasteiger partial charge on any atom is -0.393 e. The molecule has 0 bridgehead atoms. The fourth-order valence-electron chi connectivity index (χ4n) is 3.78. The predicted octanol–water partition coefficient (Wildman–Crippen LogP) is 2.78. The van der Waals surface area contributed by atoms with Crippen molar-refractivity contribution >= 4 is 6.03 Å². The average molecular weight is 345 g/mol. The molecule has 1 aliphatic heterocycles. The molecule has 1 saturated carbocycles. The van der Waals surface area contributed by atoms with Gasteiger partial charge in [-0.15, -0.1) is 0 Å². The molecule has 0 atom stereocenters. The highest BCUT2D eigenvalue weighted by Crippen LogP contribution is 2.18. The molecule has 5 heteroatoms. The van der Waals surface area contributed by atoms with E-state index >= 15 is 0 Å². The summed E-state index contributed by atoms with van der Waals surface area (Å²) in [4.78, 5) is 14.5. The van der Waals surface area contributed by atoms with Crippen LogP contribution in [0.2, 0.25) is 0 Å². The van der Waals surface area contributed by atoms with Gasteiger partial charge in [0.2, 0.25) is 0 Å². The van der Waals surface area contributed by atoms with Gasteiger partial charge in [0, 0.05) is 19.1 Å². The number of hydrogen-bond donors (Lipinski definition) is 3. The first-order valence-electron chi connectivity index (χ1n) is 9.71. The Balaban J connectivity index is 1.38. The van der Waals surface area contributed by atoms with Crippen LogP contribution < -0.4 is 10.6 Å². The standard InChI is InChI=1S/C20H31N3O2/c24-19-10-8-18(9-11-19)22-20(25)21-14-16-4-6-17(7-5-16)15-23-12-2-1-3-13-23/h4-7,18-19,24H,1-3,8-15H2,(H2,21,22,25). The minimum absolute atomic E-state index is 0.112. The van der Waals surface area contributed by atoms with Gasteiger partial charge in [-0.05, 0) is 62.7 Å². The van der Waals surface area contributed by atoms with Crippen molar-refractivity contribution in [3.8, 4) is 0 Å². The van der Waals surface area contributed by atoms with E-state index in [-0.39, 0.29) is 18.2 Å². The van der Waals surface area contributed by atoms with Crippen LogP contribution in [0.5, 0.6) is 0 Å². The van der Waals surface area contributed by atoms with E-state index in [1.807, 2.05) is 0 Å². The monoisotopic (exact) mass is 345 g/mol. The van der Waals surface area contributed by atoms with Crippen molar-refractivity contribution in [1.29, 1.82) is 0 Å². The van der Waals surface area contributed by atoms with Crippen LogP contribution in [-0.4, -0.2) is 41.3 Å². The third-order valence-electron chi connectivity index (χ3n) is 5.36. The van der Waals surface area contributed by atoms with Gasteiger partial charge in [0.25, 0.3) is 0 Å². The number of aliphatic hydroxyl groups excluding tert-OH is 1. The second kappa shape index (κ2) is 9.20. The van der Waals surface area contributed by atoms with E-state index in [1.165, 1.54) is 37.9 Å². The van der Waals surface area contributed by atoms with Crippen molar-refractivity contribution in [2.45, 2.75) is 70.2 Å². The number of urea groups is 1. The molecule has 0 unspecified atom stereocenters. The summed E-state index contributed by atoms with van der Waals surface area (Å²) in [5, 5.41) is 15.5. The van der Waals surface area contributed by atoms with E-state index in [4.69, 9.17) is 0 Å². The lowest BCUT2D eigenvalue weighted by molar-refractivity contribution is 0.117. The quantitative estimate of drug-likeness (QED) is 0.769. The summed E-state index contributed by atoms with van der Waals surface area (Å²) in [5.41, 5.74) is 2.47. The SMILES string of the molecule is O=C(NCc1ccc(CN2CCCCC2)cc1)NC1CCC(O)CC1. The number of carbonyl (C=O) groups is 1. The molecule has 0 spiro atoms. The first-order valence-corrected chi connectivity index (χ1v) is 9.71. The van der Waals surface area contributed by atoms with Gasteiger partial charge in [0.15, 0.2) is 0 Å². The number of carbonyl (C=O) groups excluding carboxylic acids is 1. The summed E-state index contributed by atoms with van der Waals surface area (Å²) < 4.78 is 0. The van der Waals surface area contributed by atoms with Gasteiger partial charge >= 0.3 is 6.03 Å². The predicted molar refractivity (Wildman–Crippen MR) is 99.2 cm³/mol. The Morgan fingerprint density at radius 2 is 1.64 bits per heavy atom. The Kier molecular flexibility index (Phi) is 6.70. The van der Waals surface area contributed by atoms with Crippen molar-refractivity contribution in [2.75, 3.05) is 13.1 Å². The maximum atomic E-state index is 12.0. The topological polar surface area (TPSA) is 64.6 Å². The van der Waals surface area contributed by atoms with Crippen molar-refractivity contribution in [3.63, 3.8) is 0 Å². The fourth-order valence-corrected chi connectivity index (χ4v) is 3.78. The first-order chi connectivity index (χ1) is 12.2. The third-order valence-corrected chi connectivity index (χ3v) is 5.36. The Hall–Kier alpha value is -1.59. The van der Waals surface area contributed by atoms with Crippen LogP contribution in [-0.2, 0) is 13.1 Å². The highest BCUT2D eigenvalue weighted by molar-refractivity contribution is 5.74. The molecule has 2 amide bonds. The molecule has 1 aliphatic carbocycles. The third kappa shape index (κ3) is 6.01. The van der Waals surface area contributed by atoms with Gasteiger partial charge in [-0.25, -0.2) is 4.79 Å². The van der Waals surface area contributed by atoms with Gasteiger partial charge < -0.3 is 15.7 Å². The molecule has 2 aliphatic rings. The van der Waals surface area contributed by atoms with Gasteiger partial charge in [-0.2, -0.15) is 0 Å². The smallest absolute Gasteiger partial charge is 0.315 e. The molecule has 2 fully saturated rings. The molecule has 0 radical (unpaired) electrons. The molecular formula is C20H31N3O2. The number of piperidine rings is 1. The largest absolute Gasteiger partial charge is 0.393 e. The van der Waals surface area contributed by atoms with E-state index < -0.39 is 0 Å². The molecule has 1 aromatic carbocycles. The number of rotatable bonds is 5. The molecule has 1 aromatic rings. The van der Waals surface area contributed by atoms with Gasteiger partial charge in [-0.3, -0.25) is 4.90 Å². The van der Waals surface area contributed by atoms with Crippen LogP contribution >= 0.6 is 0 Å². The lowest BCUT2D eigenvalue weighted by Gasteiger charge is -2.26. The summed E-state index contributed by atoms with van der Waals surface area (Å²) in [5.74, 6) is 0. The number of amides is 2. The van der Waals surface area contributed by atoms with Crippen LogP contribution in [0.4, 0.5) is 4.79 Å². The number of hydrogen-bond acceptors (Lipinski definition) is 3. The summed E-state index contributed by atoms with van der Waals surface area (Å²) in [6, 6.07) is 8.64. The second-order valence-corrected chi connectivity index (χ2v) is 7.49. The highest BCUT2D eigenvalue weighted by atomic mass is 16.3. The summed E-state index contributed by atoms with van der Waals surface area (Å²) in [6.45, 7) is 4.00. The van der Waals surface area contributed by atoms with Crippen LogP contribution in [0.3, 0.4) is 0 Å². The lowest BCUT2D eigenvalue weighted by atomic mass is 9.93. The van der Waals surface area contributed by atoms with E-state index in [1.54, 1.807) is 0 Å². The van der Waals surface area contributed by atoms with Crippen molar-refractivity contribution in [2.24, 2.45) is 0 Å². The molecular weight excluding hydrogens is 314 g/mol. The first kappa shape index (κ1) is 18.2. The van der Waals surface area contributed by atoms with E-state index in [0.29, 0.717) is 6.54 Å². The summed E-state index contributed by atoms with van der Waals surface area (Å²) in [6.07, 6.45) is 7.09. The molecule has 0 aromatic heterocycles. The summed E-state index contributed by atoms with van der Waals surface area (Å²) in [7, 11) is 0. The average Bonchev–Trinajstić information content (AvgIpc) is 2.64. The molecule has 138 valence electrons. The zero-order valence-electron chi connectivity index (χ0n) is 15.0. The fraction of sp³-hybridized carbons (Fsp3) is 0.650. The molecule has 1 heterocycles. The lowest BCUT2D eigenvalue weighted by Crippen LogP contribution is -2.43. The van der Waals surface area contributed by atoms with Gasteiger partial charge in [0.1, 0.15) is 0 Å². The highest BCUT2D eigenvalue weighted by Gasteiger charge is 2.20. The van der Waals surface area contributed by atoms with E-state index in [0.717, 1.165) is 37.8 Å². The molecule has 1 saturated heterocycles. The number of nitrogens with one attached hydrogen (secondary N) is 2. The molecule has 3 N–H and O–H groups in total. The Labute approximate surface area is 150 Å². The van der Waals surface area contributed by atoms with Crippen LogP contribution in [0, 0.1) is 0 Å². The van der Waals surface area contributed by atoms with Gasteiger partial charge in [-0.1, -0.05) is 30.7 Å². The number of aliphatic hydroxyl groups is 1. The van der Waals surface area contributed by atoms with Gasteiger partial charge in [0.05, 0.1) is 6.10 Å².